The Bertz CT molecular complexity index is 631. The van der Waals surface area contributed by atoms with Crippen LogP contribution in [-0.4, -0.2) is 36.1 Å². The number of nitrogens with two attached hydrogens (primary N) is 1. The number of carboxylic acid groups (broad SMARTS) is 1. The molecule has 7 heteroatoms. The Morgan fingerprint density at radius 1 is 1.32 bits per heavy atom. The van der Waals surface area contributed by atoms with Crippen molar-refractivity contribution in [2.45, 2.75) is 25.3 Å². The fraction of sp³-hybridized carbons (Fsp3) is 0.467. The molecule has 1 aliphatic heterocycles. The van der Waals surface area contributed by atoms with Gasteiger partial charge in [-0.1, -0.05) is 0 Å². The minimum absolute atomic E-state index is 0.101. The normalized spacial score (nSPS) is 21.0. The molecule has 1 atom stereocenters. The number of nitrogen functional groups attached to an aromatic ring is 1. The van der Waals surface area contributed by atoms with Crippen molar-refractivity contribution in [3.8, 4) is 0 Å². The largest absolute Gasteiger partial charge is 0.478 e. The topological polar surface area (TPSA) is 95.7 Å². The van der Waals surface area contributed by atoms with Gasteiger partial charge in [0, 0.05) is 35.2 Å². The summed E-state index contributed by atoms with van der Waals surface area (Å²) >= 11 is 3.44. The van der Waals surface area contributed by atoms with Crippen molar-refractivity contribution in [3.63, 3.8) is 0 Å². The van der Waals surface area contributed by atoms with E-state index >= 15 is 0 Å². The average Bonchev–Trinajstić information content (AvgIpc) is 3.20. The van der Waals surface area contributed by atoms with Crippen molar-refractivity contribution in [1.82, 2.24) is 5.32 Å². The standard InChI is InChI=1S/C15H18BrN3O3/c16-11-6-12(17)10(15(21)22)5-13(11)19-4-3-9(7-19)18-14(20)8-1-2-8/h5-6,8-9H,1-4,7,17H2,(H,18,20)(H,21,22). The number of nitrogens with one attached hydrogen (secondary N) is 1. The van der Waals surface area contributed by atoms with Gasteiger partial charge in [-0.05, 0) is 47.3 Å². The van der Waals surface area contributed by atoms with Gasteiger partial charge in [0.15, 0.2) is 0 Å². The lowest BCUT2D eigenvalue weighted by Crippen LogP contribution is -2.38. The van der Waals surface area contributed by atoms with E-state index in [0.717, 1.165) is 36.0 Å². The van der Waals surface area contributed by atoms with E-state index in [9.17, 15) is 14.7 Å². The maximum atomic E-state index is 11.8. The van der Waals surface area contributed by atoms with Crippen LogP contribution in [0.5, 0.6) is 0 Å². The molecule has 1 aliphatic carbocycles. The first-order chi connectivity index (χ1) is 10.5. The van der Waals surface area contributed by atoms with Gasteiger partial charge in [0.25, 0.3) is 0 Å². The van der Waals surface area contributed by atoms with Crippen LogP contribution in [0.3, 0.4) is 0 Å². The summed E-state index contributed by atoms with van der Waals surface area (Å²) in [4.78, 5) is 25.1. The number of rotatable bonds is 4. The van der Waals surface area contributed by atoms with E-state index in [-0.39, 0.29) is 29.1 Å². The first-order valence-electron chi connectivity index (χ1n) is 7.33. The summed E-state index contributed by atoms with van der Waals surface area (Å²) in [6.45, 7) is 1.46. The van der Waals surface area contributed by atoms with Gasteiger partial charge in [-0.15, -0.1) is 0 Å². The van der Waals surface area contributed by atoms with Crippen LogP contribution in [0.25, 0.3) is 0 Å². The SMILES string of the molecule is Nc1cc(Br)c(N2CCC(NC(=O)C3CC3)C2)cc1C(=O)O. The molecule has 0 aromatic heterocycles. The highest BCUT2D eigenvalue weighted by molar-refractivity contribution is 9.10. The number of anilines is 2. The number of halogens is 1. The van der Waals surface area contributed by atoms with Crippen LogP contribution in [-0.2, 0) is 4.79 Å². The molecule has 1 aromatic rings. The van der Waals surface area contributed by atoms with Gasteiger partial charge in [0.05, 0.1) is 11.3 Å². The zero-order valence-electron chi connectivity index (χ0n) is 12.0. The second kappa shape index (κ2) is 5.79. The Hall–Kier alpha value is -1.76. The smallest absolute Gasteiger partial charge is 0.337 e. The summed E-state index contributed by atoms with van der Waals surface area (Å²) in [5, 5.41) is 12.3. The van der Waals surface area contributed by atoms with Crippen molar-refractivity contribution in [3.05, 3.63) is 22.2 Å². The maximum absolute atomic E-state index is 11.8. The molecule has 2 fully saturated rings. The van der Waals surface area contributed by atoms with Crippen molar-refractivity contribution in [2.24, 2.45) is 5.92 Å². The highest BCUT2D eigenvalue weighted by Gasteiger charge is 2.33. The lowest BCUT2D eigenvalue weighted by atomic mass is 10.1. The molecule has 1 unspecified atom stereocenters. The van der Waals surface area contributed by atoms with E-state index < -0.39 is 5.97 Å². The number of hydrogen-bond acceptors (Lipinski definition) is 4. The fourth-order valence-corrected chi connectivity index (χ4v) is 3.38. The zero-order valence-corrected chi connectivity index (χ0v) is 13.6. The molecule has 1 heterocycles. The van der Waals surface area contributed by atoms with Gasteiger partial charge in [-0.25, -0.2) is 4.79 Å². The quantitative estimate of drug-likeness (QED) is 0.705. The Morgan fingerprint density at radius 3 is 2.68 bits per heavy atom. The molecule has 1 saturated carbocycles. The first kappa shape index (κ1) is 15.1. The summed E-state index contributed by atoms with van der Waals surface area (Å²) in [5.74, 6) is -0.686. The molecule has 0 spiro atoms. The van der Waals surface area contributed by atoms with Crippen molar-refractivity contribution in [2.75, 3.05) is 23.7 Å². The van der Waals surface area contributed by atoms with E-state index in [0.29, 0.717) is 6.54 Å². The van der Waals surface area contributed by atoms with Crippen LogP contribution in [0.4, 0.5) is 11.4 Å². The van der Waals surface area contributed by atoms with Crippen LogP contribution in [0.15, 0.2) is 16.6 Å². The summed E-state index contributed by atoms with van der Waals surface area (Å²) in [5.41, 5.74) is 6.88. The van der Waals surface area contributed by atoms with Crippen LogP contribution >= 0.6 is 15.9 Å². The number of amides is 1. The van der Waals surface area contributed by atoms with Gasteiger partial charge in [0.1, 0.15) is 0 Å². The van der Waals surface area contributed by atoms with Crippen LogP contribution in [0.2, 0.25) is 0 Å². The fourth-order valence-electron chi connectivity index (χ4n) is 2.77. The molecule has 1 aromatic carbocycles. The van der Waals surface area contributed by atoms with Crippen LogP contribution in [0, 0.1) is 5.92 Å². The second-order valence-electron chi connectivity index (χ2n) is 5.91. The Kier molecular flexibility index (Phi) is 3.99. The number of hydrogen-bond donors (Lipinski definition) is 3. The van der Waals surface area contributed by atoms with Crippen LogP contribution in [0.1, 0.15) is 29.6 Å². The molecular weight excluding hydrogens is 350 g/mol. The monoisotopic (exact) mass is 367 g/mol. The Balaban J connectivity index is 1.73. The predicted molar refractivity (Wildman–Crippen MR) is 87.0 cm³/mol. The summed E-state index contributed by atoms with van der Waals surface area (Å²) in [6, 6.07) is 3.33. The molecule has 2 aliphatic rings. The first-order valence-corrected chi connectivity index (χ1v) is 8.12. The average molecular weight is 368 g/mol. The van der Waals surface area contributed by atoms with E-state index in [1.807, 2.05) is 0 Å². The number of aromatic carboxylic acids is 1. The summed E-state index contributed by atoms with van der Waals surface area (Å²) in [6.07, 6.45) is 2.85. The number of nitrogens with zero attached hydrogens (tertiary/aromatic N) is 1. The third-order valence-electron chi connectivity index (χ3n) is 4.17. The zero-order chi connectivity index (χ0) is 15.9. The van der Waals surface area contributed by atoms with Crippen LogP contribution < -0.4 is 16.0 Å². The minimum Gasteiger partial charge on any atom is -0.478 e. The number of carboxylic acids is 1. The lowest BCUT2D eigenvalue weighted by molar-refractivity contribution is -0.122. The predicted octanol–water partition coefficient (Wildman–Crippen LogP) is 1.83. The van der Waals surface area contributed by atoms with E-state index in [1.54, 1.807) is 12.1 Å². The summed E-state index contributed by atoms with van der Waals surface area (Å²) < 4.78 is 0.768. The van der Waals surface area contributed by atoms with Crippen molar-refractivity contribution >= 4 is 39.2 Å². The highest BCUT2D eigenvalue weighted by Crippen LogP contribution is 2.34. The molecule has 22 heavy (non-hydrogen) atoms. The molecule has 118 valence electrons. The van der Waals surface area contributed by atoms with Gasteiger partial charge >= 0.3 is 5.97 Å². The van der Waals surface area contributed by atoms with E-state index in [4.69, 9.17) is 5.73 Å². The van der Waals surface area contributed by atoms with E-state index in [2.05, 4.69) is 26.1 Å². The van der Waals surface area contributed by atoms with Crippen molar-refractivity contribution in [1.29, 1.82) is 0 Å². The van der Waals surface area contributed by atoms with Gasteiger partial charge < -0.3 is 21.1 Å². The van der Waals surface area contributed by atoms with Crippen molar-refractivity contribution < 1.29 is 14.7 Å². The Labute approximate surface area is 136 Å². The van der Waals surface area contributed by atoms with Gasteiger partial charge in [-0.2, -0.15) is 0 Å². The molecule has 1 amide bonds. The number of benzene rings is 1. The van der Waals surface area contributed by atoms with E-state index in [1.165, 1.54) is 0 Å². The lowest BCUT2D eigenvalue weighted by Gasteiger charge is -2.21. The third kappa shape index (κ3) is 3.04. The highest BCUT2D eigenvalue weighted by atomic mass is 79.9. The van der Waals surface area contributed by atoms with Gasteiger partial charge in [0.2, 0.25) is 5.91 Å². The molecular formula is C15H18BrN3O3. The summed E-state index contributed by atoms with van der Waals surface area (Å²) in [7, 11) is 0. The third-order valence-corrected chi connectivity index (χ3v) is 4.81. The number of carbonyl (C=O) groups excluding carboxylic acids is 1. The minimum atomic E-state index is -1.04. The second-order valence-corrected chi connectivity index (χ2v) is 6.76. The molecule has 6 nitrogen and oxygen atoms in total. The molecule has 3 rings (SSSR count). The number of carbonyl (C=O) groups is 2. The Morgan fingerprint density at radius 2 is 2.05 bits per heavy atom. The van der Waals surface area contributed by atoms with Gasteiger partial charge in [-0.3, -0.25) is 4.79 Å². The molecule has 0 radical (unpaired) electrons. The maximum Gasteiger partial charge on any atom is 0.337 e. The molecule has 1 saturated heterocycles. The molecule has 0 bridgehead atoms. The molecule has 4 N–H and O–H groups in total.